The molecule has 0 aromatic heterocycles. The molecule has 2 fully saturated rings. The molecule has 6 nitrogen and oxygen atoms in total. The van der Waals surface area contributed by atoms with Gasteiger partial charge in [0.15, 0.2) is 5.41 Å². The molecule has 0 amide bonds. The summed E-state index contributed by atoms with van der Waals surface area (Å²) in [7, 11) is 1.42. The smallest absolute Gasteiger partial charge is 0.324 e. The monoisotopic (exact) mass is 410 g/mol. The maximum Gasteiger partial charge on any atom is 0.324 e. The zero-order valence-corrected chi connectivity index (χ0v) is 18.2. The third kappa shape index (κ3) is 6.45. The number of ether oxygens (including phenoxy) is 3. The number of carbonyl (C=O) groups excluding carboxylic acids is 3. The van der Waals surface area contributed by atoms with E-state index in [2.05, 4.69) is 4.74 Å². The van der Waals surface area contributed by atoms with Gasteiger partial charge in [0.25, 0.3) is 0 Å². The molecule has 2 unspecified atom stereocenters. The van der Waals surface area contributed by atoms with Gasteiger partial charge in [-0.05, 0) is 44.9 Å². The number of hydrogen-bond donors (Lipinski definition) is 0. The van der Waals surface area contributed by atoms with Crippen LogP contribution < -0.4 is 0 Å². The molecule has 2 atom stereocenters. The lowest BCUT2D eigenvalue weighted by Crippen LogP contribution is -2.45. The van der Waals surface area contributed by atoms with Gasteiger partial charge >= 0.3 is 17.9 Å². The van der Waals surface area contributed by atoms with Gasteiger partial charge in [0.05, 0.1) is 13.7 Å². The van der Waals surface area contributed by atoms with Crippen LogP contribution >= 0.6 is 0 Å². The lowest BCUT2D eigenvalue weighted by molar-refractivity contribution is -0.170. The summed E-state index contributed by atoms with van der Waals surface area (Å²) in [6.45, 7) is 2.08. The lowest BCUT2D eigenvalue weighted by Gasteiger charge is -2.34. The van der Waals surface area contributed by atoms with Gasteiger partial charge in [0.1, 0.15) is 6.10 Å². The Balaban J connectivity index is 1.76. The van der Waals surface area contributed by atoms with Crippen LogP contribution in [0.5, 0.6) is 0 Å². The summed E-state index contributed by atoms with van der Waals surface area (Å²) in [4.78, 5) is 36.7. The summed E-state index contributed by atoms with van der Waals surface area (Å²) in [6.07, 6.45) is 12.9. The molecule has 1 saturated carbocycles. The summed E-state index contributed by atoms with van der Waals surface area (Å²) in [5.41, 5.74) is -1.07. The average Bonchev–Trinajstić information content (AvgIpc) is 3.07. The Morgan fingerprint density at radius 1 is 1.03 bits per heavy atom. The molecule has 0 aromatic rings. The standard InChI is InChI=1S/C23H38O6/c1-3-28-21(25)23(18-13-9-8-10-14-18)17-19(29-22(23)26)15-11-6-4-5-7-12-16-20(24)27-2/h18-19H,3-17H2,1-2H3. The molecule has 1 saturated heterocycles. The first kappa shape index (κ1) is 23.7. The third-order valence-corrected chi connectivity index (χ3v) is 6.51. The van der Waals surface area contributed by atoms with Crippen molar-refractivity contribution in [2.75, 3.05) is 13.7 Å². The highest BCUT2D eigenvalue weighted by molar-refractivity contribution is 6.01. The minimum absolute atomic E-state index is 0.0580. The molecule has 166 valence electrons. The second-order valence-electron chi connectivity index (χ2n) is 8.49. The third-order valence-electron chi connectivity index (χ3n) is 6.51. The molecular weight excluding hydrogens is 372 g/mol. The van der Waals surface area contributed by atoms with Gasteiger partial charge in [-0.1, -0.05) is 44.9 Å². The Morgan fingerprint density at radius 3 is 2.34 bits per heavy atom. The van der Waals surface area contributed by atoms with Crippen LogP contribution in [0.2, 0.25) is 0 Å². The van der Waals surface area contributed by atoms with E-state index in [1.54, 1.807) is 6.92 Å². The summed E-state index contributed by atoms with van der Waals surface area (Å²) < 4.78 is 15.7. The minimum atomic E-state index is -1.07. The number of carbonyl (C=O) groups is 3. The molecule has 2 rings (SSSR count). The highest BCUT2D eigenvalue weighted by Crippen LogP contribution is 2.48. The van der Waals surface area contributed by atoms with Gasteiger partial charge in [0.2, 0.25) is 0 Å². The van der Waals surface area contributed by atoms with E-state index in [0.717, 1.165) is 70.6 Å². The Morgan fingerprint density at radius 2 is 1.69 bits per heavy atom. The zero-order valence-electron chi connectivity index (χ0n) is 18.2. The van der Waals surface area contributed by atoms with Crippen LogP contribution in [0.25, 0.3) is 0 Å². The number of esters is 3. The molecular formula is C23H38O6. The minimum Gasteiger partial charge on any atom is -0.469 e. The van der Waals surface area contributed by atoms with Crippen molar-refractivity contribution in [2.45, 2.75) is 103 Å². The Kier molecular flexibility index (Phi) is 9.95. The summed E-state index contributed by atoms with van der Waals surface area (Å²) >= 11 is 0. The first-order chi connectivity index (χ1) is 14.0. The molecule has 1 aliphatic heterocycles. The fourth-order valence-corrected chi connectivity index (χ4v) is 4.87. The van der Waals surface area contributed by atoms with Crippen molar-refractivity contribution >= 4 is 17.9 Å². The van der Waals surface area contributed by atoms with E-state index in [9.17, 15) is 14.4 Å². The van der Waals surface area contributed by atoms with Gasteiger partial charge < -0.3 is 14.2 Å². The van der Waals surface area contributed by atoms with Crippen molar-refractivity contribution in [1.29, 1.82) is 0 Å². The Labute approximate surface area is 175 Å². The first-order valence-corrected chi connectivity index (χ1v) is 11.5. The second-order valence-corrected chi connectivity index (χ2v) is 8.49. The number of methoxy groups -OCH3 is 1. The first-order valence-electron chi connectivity index (χ1n) is 11.5. The van der Waals surface area contributed by atoms with Crippen LogP contribution in [-0.4, -0.2) is 37.7 Å². The molecule has 6 heteroatoms. The number of cyclic esters (lactones) is 1. The predicted octanol–water partition coefficient (Wildman–Crippen LogP) is 4.73. The molecule has 29 heavy (non-hydrogen) atoms. The van der Waals surface area contributed by atoms with E-state index in [-0.39, 0.29) is 29.9 Å². The number of hydrogen-bond acceptors (Lipinski definition) is 6. The molecule has 1 aliphatic carbocycles. The summed E-state index contributed by atoms with van der Waals surface area (Å²) in [5.74, 6) is -0.806. The number of unbranched alkanes of at least 4 members (excludes halogenated alkanes) is 5. The summed E-state index contributed by atoms with van der Waals surface area (Å²) in [6, 6.07) is 0. The molecule has 0 spiro atoms. The quantitative estimate of drug-likeness (QED) is 0.200. The molecule has 0 radical (unpaired) electrons. The van der Waals surface area contributed by atoms with Crippen molar-refractivity contribution in [1.82, 2.24) is 0 Å². The van der Waals surface area contributed by atoms with E-state index in [4.69, 9.17) is 9.47 Å². The van der Waals surface area contributed by atoms with Gasteiger partial charge in [0, 0.05) is 12.8 Å². The van der Waals surface area contributed by atoms with Crippen LogP contribution in [0.4, 0.5) is 0 Å². The van der Waals surface area contributed by atoms with Crippen LogP contribution in [0.15, 0.2) is 0 Å². The predicted molar refractivity (Wildman–Crippen MR) is 109 cm³/mol. The molecule has 0 bridgehead atoms. The van der Waals surface area contributed by atoms with Crippen molar-refractivity contribution in [3.63, 3.8) is 0 Å². The van der Waals surface area contributed by atoms with Crippen molar-refractivity contribution in [2.24, 2.45) is 11.3 Å². The lowest BCUT2D eigenvalue weighted by atomic mass is 9.67. The van der Waals surface area contributed by atoms with Crippen LogP contribution in [-0.2, 0) is 28.6 Å². The number of rotatable bonds is 12. The second kappa shape index (κ2) is 12.2. The molecule has 0 aromatic carbocycles. The highest BCUT2D eigenvalue weighted by Gasteiger charge is 2.60. The fourth-order valence-electron chi connectivity index (χ4n) is 4.87. The van der Waals surface area contributed by atoms with Gasteiger partial charge in [-0.3, -0.25) is 14.4 Å². The van der Waals surface area contributed by atoms with Gasteiger partial charge in [-0.25, -0.2) is 0 Å². The maximum atomic E-state index is 12.8. The van der Waals surface area contributed by atoms with E-state index < -0.39 is 5.41 Å². The molecule has 2 aliphatic rings. The van der Waals surface area contributed by atoms with Crippen LogP contribution in [0.1, 0.15) is 96.8 Å². The average molecular weight is 411 g/mol. The molecule has 0 N–H and O–H groups in total. The van der Waals surface area contributed by atoms with E-state index >= 15 is 0 Å². The van der Waals surface area contributed by atoms with Crippen LogP contribution in [0.3, 0.4) is 0 Å². The van der Waals surface area contributed by atoms with E-state index in [1.807, 2.05) is 0 Å². The Hall–Kier alpha value is -1.59. The summed E-state index contributed by atoms with van der Waals surface area (Å²) in [5, 5.41) is 0. The van der Waals surface area contributed by atoms with E-state index in [1.165, 1.54) is 13.5 Å². The fraction of sp³-hybridized carbons (Fsp3) is 0.870. The normalized spacial score (nSPS) is 24.9. The largest absolute Gasteiger partial charge is 0.469 e. The maximum absolute atomic E-state index is 12.8. The van der Waals surface area contributed by atoms with Crippen molar-refractivity contribution < 1.29 is 28.6 Å². The van der Waals surface area contributed by atoms with Crippen LogP contribution in [0, 0.1) is 11.3 Å². The molecule has 1 heterocycles. The van der Waals surface area contributed by atoms with Gasteiger partial charge in [-0.2, -0.15) is 0 Å². The Bertz CT molecular complexity index is 539. The topological polar surface area (TPSA) is 78.9 Å². The van der Waals surface area contributed by atoms with Crippen molar-refractivity contribution in [3.8, 4) is 0 Å². The van der Waals surface area contributed by atoms with Crippen molar-refractivity contribution in [3.05, 3.63) is 0 Å². The van der Waals surface area contributed by atoms with Gasteiger partial charge in [-0.15, -0.1) is 0 Å². The van der Waals surface area contributed by atoms with E-state index in [0.29, 0.717) is 19.4 Å². The highest BCUT2D eigenvalue weighted by atomic mass is 16.6. The SMILES string of the molecule is CCOC(=O)C1(C2CCCCC2)CC(CCCCCCCCC(=O)OC)OC1=O. The zero-order chi connectivity index (χ0) is 21.1.